The average Bonchev–Trinajstić information content (AvgIpc) is 2.92. The summed E-state index contributed by atoms with van der Waals surface area (Å²) in [6, 6.07) is 7.02. The van der Waals surface area contributed by atoms with Crippen molar-refractivity contribution in [1.82, 2.24) is 10.6 Å². The first-order valence-electron chi connectivity index (χ1n) is 7.06. The molecule has 0 amide bonds. The Balaban J connectivity index is 1.63. The number of hydrogen-bond donors (Lipinski definition) is 2. The Morgan fingerprint density at radius 2 is 2.32 bits per heavy atom. The van der Waals surface area contributed by atoms with E-state index >= 15 is 0 Å². The first-order chi connectivity index (χ1) is 9.29. The lowest BCUT2D eigenvalue weighted by Crippen LogP contribution is -2.28. The van der Waals surface area contributed by atoms with Gasteiger partial charge in [-0.3, -0.25) is 0 Å². The molecule has 1 fully saturated rings. The summed E-state index contributed by atoms with van der Waals surface area (Å²) in [7, 11) is 1.69. The van der Waals surface area contributed by atoms with E-state index < -0.39 is 0 Å². The molecule has 0 aliphatic carbocycles. The topological polar surface area (TPSA) is 33.3 Å². The molecule has 1 aromatic carbocycles. The third-order valence-corrected chi connectivity index (χ3v) is 4.26. The molecular formula is C15H23BrN2O. The van der Waals surface area contributed by atoms with Gasteiger partial charge in [-0.2, -0.15) is 0 Å². The Kier molecular flexibility index (Phi) is 6.14. The molecule has 2 rings (SSSR count). The van der Waals surface area contributed by atoms with E-state index in [1.165, 1.54) is 31.4 Å². The highest BCUT2D eigenvalue weighted by Gasteiger charge is 2.12. The second kappa shape index (κ2) is 7.88. The van der Waals surface area contributed by atoms with Gasteiger partial charge in [0.15, 0.2) is 0 Å². The van der Waals surface area contributed by atoms with Crippen LogP contribution in [0.1, 0.15) is 24.8 Å². The van der Waals surface area contributed by atoms with Crippen LogP contribution in [0.2, 0.25) is 0 Å². The number of methoxy groups -OCH3 is 1. The van der Waals surface area contributed by atoms with Crippen LogP contribution in [0.3, 0.4) is 0 Å². The Bertz CT molecular complexity index is 392. The molecule has 3 nitrogen and oxygen atoms in total. The predicted octanol–water partition coefficient (Wildman–Crippen LogP) is 2.73. The highest BCUT2D eigenvalue weighted by molar-refractivity contribution is 9.10. The third kappa shape index (κ3) is 4.79. The Labute approximate surface area is 124 Å². The maximum Gasteiger partial charge on any atom is 0.133 e. The third-order valence-electron chi connectivity index (χ3n) is 3.64. The summed E-state index contributed by atoms with van der Waals surface area (Å²) >= 11 is 3.52. The lowest BCUT2D eigenvalue weighted by Gasteiger charge is -2.11. The van der Waals surface area contributed by atoms with Crippen molar-refractivity contribution in [1.29, 1.82) is 0 Å². The van der Waals surface area contributed by atoms with Crippen molar-refractivity contribution in [3.8, 4) is 5.75 Å². The zero-order valence-corrected chi connectivity index (χ0v) is 13.1. The maximum atomic E-state index is 5.23. The predicted molar refractivity (Wildman–Crippen MR) is 82.9 cm³/mol. The minimum atomic E-state index is 0.739. The molecule has 1 aromatic rings. The van der Waals surface area contributed by atoms with Gasteiger partial charge in [-0.1, -0.05) is 6.07 Å². The van der Waals surface area contributed by atoms with Crippen molar-refractivity contribution >= 4 is 15.9 Å². The van der Waals surface area contributed by atoms with Crippen molar-refractivity contribution in [3.63, 3.8) is 0 Å². The van der Waals surface area contributed by atoms with Gasteiger partial charge in [-0.25, -0.2) is 0 Å². The fourth-order valence-electron chi connectivity index (χ4n) is 2.50. The maximum absolute atomic E-state index is 5.23. The highest BCUT2D eigenvalue weighted by atomic mass is 79.9. The molecule has 0 spiro atoms. The number of nitrogens with one attached hydrogen (secondary N) is 2. The van der Waals surface area contributed by atoms with Crippen LogP contribution < -0.4 is 15.4 Å². The van der Waals surface area contributed by atoms with Gasteiger partial charge in [0.05, 0.1) is 11.6 Å². The van der Waals surface area contributed by atoms with Crippen molar-refractivity contribution in [2.75, 3.05) is 26.7 Å². The van der Waals surface area contributed by atoms with Crippen LogP contribution in [0.4, 0.5) is 0 Å². The lowest BCUT2D eigenvalue weighted by molar-refractivity contribution is 0.412. The van der Waals surface area contributed by atoms with Gasteiger partial charge in [0.2, 0.25) is 0 Å². The van der Waals surface area contributed by atoms with E-state index in [1.807, 2.05) is 6.07 Å². The summed E-state index contributed by atoms with van der Waals surface area (Å²) in [6.07, 6.45) is 4.98. The lowest BCUT2D eigenvalue weighted by atomic mass is 10.1. The Morgan fingerprint density at radius 1 is 1.42 bits per heavy atom. The molecule has 1 aliphatic rings. The van der Waals surface area contributed by atoms with E-state index in [4.69, 9.17) is 4.74 Å². The quantitative estimate of drug-likeness (QED) is 0.756. The van der Waals surface area contributed by atoms with Gasteiger partial charge < -0.3 is 15.4 Å². The molecule has 1 atom stereocenters. The van der Waals surface area contributed by atoms with Gasteiger partial charge >= 0.3 is 0 Å². The second-order valence-corrected chi connectivity index (χ2v) is 5.91. The van der Waals surface area contributed by atoms with E-state index in [0.717, 1.165) is 35.8 Å². The van der Waals surface area contributed by atoms with E-state index in [9.17, 15) is 0 Å². The number of halogens is 1. The normalized spacial score (nSPS) is 18.7. The summed E-state index contributed by atoms with van der Waals surface area (Å²) in [5.41, 5.74) is 1.33. The van der Waals surface area contributed by atoms with Gasteiger partial charge in [0, 0.05) is 6.04 Å². The zero-order chi connectivity index (χ0) is 13.5. The standard InChI is InChI=1S/C15H23BrN2O/c1-19-15-5-4-12(11-14(15)16)6-9-17-10-7-13-3-2-8-18-13/h4-5,11,13,17-18H,2-3,6-10H2,1H3. The first kappa shape index (κ1) is 14.8. The summed E-state index contributed by atoms with van der Waals surface area (Å²) in [4.78, 5) is 0. The highest BCUT2D eigenvalue weighted by Crippen LogP contribution is 2.25. The van der Waals surface area contributed by atoms with E-state index in [-0.39, 0.29) is 0 Å². The van der Waals surface area contributed by atoms with Gasteiger partial charge in [0.25, 0.3) is 0 Å². The second-order valence-electron chi connectivity index (χ2n) is 5.05. The summed E-state index contributed by atoms with van der Waals surface area (Å²) in [5.74, 6) is 0.893. The molecular weight excluding hydrogens is 304 g/mol. The van der Waals surface area contributed by atoms with E-state index in [1.54, 1.807) is 7.11 Å². The van der Waals surface area contributed by atoms with Gasteiger partial charge in [0.1, 0.15) is 5.75 Å². The fourth-order valence-corrected chi connectivity index (χ4v) is 3.09. The van der Waals surface area contributed by atoms with E-state index in [2.05, 4.69) is 38.7 Å². The molecule has 0 bridgehead atoms. The van der Waals surface area contributed by atoms with Gasteiger partial charge in [-0.05, 0) is 78.9 Å². The van der Waals surface area contributed by atoms with Crippen LogP contribution in [0.5, 0.6) is 5.75 Å². The van der Waals surface area contributed by atoms with Crippen LogP contribution in [0.15, 0.2) is 22.7 Å². The van der Waals surface area contributed by atoms with Crippen molar-refractivity contribution in [3.05, 3.63) is 28.2 Å². The van der Waals surface area contributed by atoms with Crippen LogP contribution in [-0.2, 0) is 6.42 Å². The molecule has 1 aliphatic heterocycles. The van der Waals surface area contributed by atoms with Crippen LogP contribution >= 0.6 is 15.9 Å². The summed E-state index contributed by atoms with van der Waals surface area (Å²) in [5, 5.41) is 7.05. The van der Waals surface area contributed by atoms with Crippen LogP contribution in [0, 0.1) is 0 Å². The van der Waals surface area contributed by atoms with Crippen LogP contribution in [0.25, 0.3) is 0 Å². The molecule has 1 saturated heterocycles. The molecule has 0 saturated carbocycles. The molecule has 4 heteroatoms. The molecule has 1 unspecified atom stereocenters. The smallest absolute Gasteiger partial charge is 0.133 e. The molecule has 1 heterocycles. The molecule has 0 aromatic heterocycles. The average molecular weight is 327 g/mol. The van der Waals surface area contributed by atoms with Gasteiger partial charge in [-0.15, -0.1) is 0 Å². The van der Waals surface area contributed by atoms with Crippen LogP contribution in [-0.4, -0.2) is 32.8 Å². The number of ether oxygens (including phenoxy) is 1. The molecule has 0 radical (unpaired) electrons. The largest absolute Gasteiger partial charge is 0.496 e. The molecule has 106 valence electrons. The monoisotopic (exact) mass is 326 g/mol. The number of hydrogen-bond acceptors (Lipinski definition) is 3. The zero-order valence-electron chi connectivity index (χ0n) is 11.5. The van der Waals surface area contributed by atoms with Crippen molar-refractivity contribution < 1.29 is 4.74 Å². The Hall–Kier alpha value is -0.580. The molecule has 2 N–H and O–H groups in total. The summed E-state index contributed by atoms with van der Waals surface area (Å²) < 4.78 is 6.26. The minimum Gasteiger partial charge on any atom is -0.496 e. The summed E-state index contributed by atoms with van der Waals surface area (Å²) in [6.45, 7) is 3.34. The number of rotatable bonds is 7. The SMILES string of the molecule is COc1ccc(CCNCCC2CCCN2)cc1Br. The molecule has 19 heavy (non-hydrogen) atoms. The van der Waals surface area contributed by atoms with Crippen molar-refractivity contribution in [2.24, 2.45) is 0 Å². The first-order valence-corrected chi connectivity index (χ1v) is 7.85. The van der Waals surface area contributed by atoms with Crippen molar-refractivity contribution in [2.45, 2.75) is 31.7 Å². The minimum absolute atomic E-state index is 0.739. The Morgan fingerprint density at radius 3 is 3.00 bits per heavy atom. The number of benzene rings is 1. The fraction of sp³-hybridized carbons (Fsp3) is 0.600. The van der Waals surface area contributed by atoms with E-state index in [0.29, 0.717) is 0 Å².